The average molecular weight is 275 g/mol. The largest absolute Gasteiger partial charge is 0.351 e. The van der Waals surface area contributed by atoms with Crippen LogP contribution in [0.15, 0.2) is 24.3 Å². The first-order valence-electron chi connectivity index (χ1n) is 6.97. The third-order valence-corrected chi connectivity index (χ3v) is 5.01. The summed E-state index contributed by atoms with van der Waals surface area (Å²) in [5.74, 6) is 0.774. The van der Waals surface area contributed by atoms with Crippen LogP contribution in [0.25, 0.3) is 10.2 Å². The maximum atomic E-state index is 4.73. The van der Waals surface area contributed by atoms with Gasteiger partial charge in [0, 0.05) is 20.1 Å². The van der Waals surface area contributed by atoms with Gasteiger partial charge in [-0.25, -0.2) is 4.98 Å². The molecular formula is C15H21N3S. The fraction of sp³-hybridized carbons (Fsp3) is 0.533. The highest BCUT2D eigenvalue weighted by atomic mass is 32.1. The van der Waals surface area contributed by atoms with Crippen molar-refractivity contribution in [1.29, 1.82) is 0 Å². The molecule has 2 heterocycles. The van der Waals surface area contributed by atoms with Crippen LogP contribution in [0.3, 0.4) is 0 Å². The molecule has 1 aromatic heterocycles. The molecule has 0 spiro atoms. The molecule has 19 heavy (non-hydrogen) atoms. The van der Waals surface area contributed by atoms with Crippen LogP contribution in [-0.4, -0.2) is 43.6 Å². The first kappa shape index (κ1) is 12.9. The van der Waals surface area contributed by atoms with E-state index in [1.165, 1.54) is 30.6 Å². The molecule has 0 aliphatic carbocycles. The van der Waals surface area contributed by atoms with Crippen LogP contribution in [0, 0.1) is 5.92 Å². The number of anilines is 1. The number of hydrogen-bond donors (Lipinski definition) is 0. The first-order valence-corrected chi connectivity index (χ1v) is 7.79. The molecule has 2 aromatic rings. The van der Waals surface area contributed by atoms with Gasteiger partial charge in [0.15, 0.2) is 5.13 Å². The summed E-state index contributed by atoms with van der Waals surface area (Å²) in [6.45, 7) is 3.58. The summed E-state index contributed by atoms with van der Waals surface area (Å²) in [5, 5.41) is 1.15. The number of hydrogen-bond acceptors (Lipinski definition) is 4. The van der Waals surface area contributed by atoms with Crippen LogP contribution in [0.5, 0.6) is 0 Å². The number of piperidine rings is 1. The number of benzene rings is 1. The van der Waals surface area contributed by atoms with Gasteiger partial charge >= 0.3 is 0 Å². The van der Waals surface area contributed by atoms with Crippen molar-refractivity contribution < 1.29 is 0 Å². The lowest BCUT2D eigenvalue weighted by molar-refractivity contribution is 0.213. The molecule has 0 amide bonds. The van der Waals surface area contributed by atoms with Gasteiger partial charge < -0.3 is 9.80 Å². The Kier molecular flexibility index (Phi) is 3.71. The fourth-order valence-corrected chi connectivity index (χ4v) is 3.85. The number of para-hydroxylation sites is 1. The summed E-state index contributed by atoms with van der Waals surface area (Å²) in [6, 6.07) is 8.39. The molecule has 1 aliphatic heterocycles. The minimum Gasteiger partial charge on any atom is -0.351 e. The third kappa shape index (κ3) is 2.90. The van der Waals surface area contributed by atoms with E-state index < -0.39 is 0 Å². The minimum atomic E-state index is 0.774. The van der Waals surface area contributed by atoms with Crippen LogP contribution in [-0.2, 0) is 0 Å². The molecule has 1 saturated heterocycles. The second-order valence-electron chi connectivity index (χ2n) is 5.62. The molecule has 0 bridgehead atoms. The quantitative estimate of drug-likeness (QED) is 0.858. The number of rotatable bonds is 3. The van der Waals surface area contributed by atoms with Crippen LogP contribution in [0.2, 0.25) is 0 Å². The van der Waals surface area contributed by atoms with Gasteiger partial charge in [0.2, 0.25) is 0 Å². The summed E-state index contributed by atoms with van der Waals surface area (Å²) < 4.78 is 1.28. The predicted molar refractivity (Wildman–Crippen MR) is 83.1 cm³/mol. The van der Waals surface area contributed by atoms with Crippen molar-refractivity contribution in [2.45, 2.75) is 12.8 Å². The van der Waals surface area contributed by atoms with Crippen LogP contribution < -0.4 is 4.90 Å². The topological polar surface area (TPSA) is 19.4 Å². The number of likely N-dealkylation sites (tertiary alicyclic amines) is 1. The highest BCUT2D eigenvalue weighted by Gasteiger charge is 2.19. The number of nitrogens with zero attached hydrogens (tertiary/aromatic N) is 3. The van der Waals surface area contributed by atoms with E-state index in [1.54, 1.807) is 11.3 Å². The molecule has 1 aliphatic rings. The van der Waals surface area contributed by atoms with E-state index in [1.807, 2.05) is 0 Å². The lowest BCUT2D eigenvalue weighted by atomic mass is 9.98. The van der Waals surface area contributed by atoms with Gasteiger partial charge in [0.25, 0.3) is 0 Å². The Labute approximate surface area is 118 Å². The number of aromatic nitrogens is 1. The van der Waals surface area contributed by atoms with Crippen LogP contribution >= 0.6 is 11.3 Å². The van der Waals surface area contributed by atoms with Crippen molar-refractivity contribution >= 4 is 26.7 Å². The minimum absolute atomic E-state index is 0.774. The summed E-state index contributed by atoms with van der Waals surface area (Å²) in [7, 11) is 4.40. The molecule has 0 N–H and O–H groups in total. The van der Waals surface area contributed by atoms with E-state index in [-0.39, 0.29) is 0 Å². The Morgan fingerprint density at radius 1 is 1.42 bits per heavy atom. The fourth-order valence-electron chi connectivity index (χ4n) is 2.91. The zero-order valence-electron chi connectivity index (χ0n) is 11.7. The summed E-state index contributed by atoms with van der Waals surface area (Å²) in [5.41, 5.74) is 1.12. The van der Waals surface area contributed by atoms with E-state index in [0.717, 1.165) is 23.1 Å². The predicted octanol–water partition coefficient (Wildman–Crippen LogP) is 3.07. The van der Waals surface area contributed by atoms with Gasteiger partial charge in [0.1, 0.15) is 0 Å². The van der Waals surface area contributed by atoms with Gasteiger partial charge in [-0.1, -0.05) is 23.5 Å². The van der Waals surface area contributed by atoms with Crippen molar-refractivity contribution in [2.24, 2.45) is 5.92 Å². The summed E-state index contributed by atoms with van der Waals surface area (Å²) in [4.78, 5) is 9.50. The van der Waals surface area contributed by atoms with E-state index in [9.17, 15) is 0 Å². The zero-order chi connectivity index (χ0) is 13.2. The maximum absolute atomic E-state index is 4.73. The third-order valence-electron chi connectivity index (χ3n) is 3.86. The standard InChI is InChI=1S/C15H21N3S/c1-17-9-5-6-12(10-17)11-18(2)15-16-13-7-3-4-8-14(13)19-15/h3-4,7-8,12H,5-6,9-11H2,1-2H3. The zero-order valence-corrected chi connectivity index (χ0v) is 12.5. The molecule has 4 heteroatoms. The number of fused-ring (bicyclic) bond motifs is 1. The highest BCUT2D eigenvalue weighted by Crippen LogP contribution is 2.29. The van der Waals surface area contributed by atoms with Crippen LogP contribution in [0.1, 0.15) is 12.8 Å². The van der Waals surface area contributed by atoms with E-state index >= 15 is 0 Å². The molecule has 0 radical (unpaired) electrons. The maximum Gasteiger partial charge on any atom is 0.186 e. The van der Waals surface area contributed by atoms with Gasteiger partial charge in [-0.05, 0) is 44.5 Å². The van der Waals surface area contributed by atoms with Crippen LogP contribution in [0.4, 0.5) is 5.13 Å². The second kappa shape index (κ2) is 5.47. The molecule has 1 aromatic carbocycles. The van der Waals surface area contributed by atoms with Gasteiger partial charge in [0.05, 0.1) is 10.2 Å². The Hall–Kier alpha value is -1.13. The Balaban J connectivity index is 1.70. The van der Waals surface area contributed by atoms with Gasteiger partial charge in [-0.3, -0.25) is 0 Å². The smallest absolute Gasteiger partial charge is 0.186 e. The Morgan fingerprint density at radius 2 is 2.26 bits per heavy atom. The number of thiazole rings is 1. The lowest BCUT2D eigenvalue weighted by Gasteiger charge is -2.32. The molecule has 3 nitrogen and oxygen atoms in total. The van der Waals surface area contributed by atoms with Crippen molar-refractivity contribution in [1.82, 2.24) is 9.88 Å². The van der Waals surface area contributed by atoms with Crippen molar-refractivity contribution in [3.63, 3.8) is 0 Å². The Morgan fingerprint density at radius 3 is 3.05 bits per heavy atom. The molecule has 102 valence electrons. The Bertz CT molecular complexity index is 518. The molecular weight excluding hydrogens is 254 g/mol. The molecule has 1 atom stereocenters. The monoisotopic (exact) mass is 275 g/mol. The highest BCUT2D eigenvalue weighted by molar-refractivity contribution is 7.22. The summed E-state index contributed by atoms with van der Waals surface area (Å²) in [6.07, 6.45) is 2.68. The van der Waals surface area contributed by atoms with Crippen molar-refractivity contribution in [2.75, 3.05) is 38.6 Å². The molecule has 1 fully saturated rings. The molecule has 0 saturated carbocycles. The van der Waals surface area contributed by atoms with Crippen molar-refractivity contribution in [3.8, 4) is 0 Å². The second-order valence-corrected chi connectivity index (χ2v) is 6.62. The molecule has 1 unspecified atom stereocenters. The average Bonchev–Trinajstić information content (AvgIpc) is 2.82. The normalized spacial score (nSPS) is 20.8. The lowest BCUT2D eigenvalue weighted by Crippen LogP contribution is -2.38. The van der Waals surface area contributed by atoms with Gasteiger partial charge in [-0.15, -0.1) is 0 Å². The van der Waals surface area contributed by atoms with Gasteiger partial charge in [-0.2, -0.15) is 0 Å². The van der Waals surface area contributed by atoms with E-state index in [0.29, 0.717) is 0 Å². The molecule has 3 rings (SSSR count). The summed E-state index contributed by atoms with van der Waals surface area (Å²) >= 11 is 1.80. The van der Waals surface area contributed by atoms with E-state index in [2.05, 4.69) is 48.2 Å². The van der Waals surface area contributed by atoms with E-state index in [4.69, 9.17) is 4.98 Å². The SMILES string of the molecule is CN1CCCC(CN(C)c2nc3ccccc3s2)C1. The first-order chi connectivity index (χ1) is 9.22. The van der Waals surface area contributed by atoms with Crippen molar-refractivity contribution in [3.05, 3.63) is 24.3 Å².